The van der Waals surface area contributed by atoms with Crippen LogP contribution in [0.2, 0.25) is 0 Å². The molecule has 4 aromatic rings. The first-order valence-electron chi connectivity index (χ1n) is 9.70. The van der Waals surface area contributed by atoms with Crippen LogP contribution >= 0.6 is 11.3 Å². The maximum Gasteiger partial charge on any atom is 0.338 e. The van der Waals surface area contributed by atoms with Gasteiger partial charge in [0.2, 0.25) is 0 Å². The first-order chi connectivity index (χ1) is 15.5. The van der Waals surface area contributed by atoms with E-state index in [1.807, 2.05) is 19.1 Å². The van der Waals surface area contributed by atoms with Crippen LogP contribution in [0.4, 0.5) is 5.69 Å². The second kappa shape index (κ2) is 9.44. The highest BCUT2D eigenvalue weighted by molar-refractivity contribution is 7.15. The predicted octanol–water partition coefficient (Wildman–Crippen LogP) is 3.44. The Bertz CT molecular complexity index is 1310. The van der Waals surface area contributed by atoms with Crippen molar-refractivity contribution in [3.8, 4) is 5.75 Å². The maximum atomic E-state index is 12.3. The van der Waals surface area contributed by atoms with Gasteiger partial charge >= 0.3 is 5.97 Å². The number of hydrogen-bond donors (Lipinski definition) is 1. The summed E-state index contributed by atoms with van der Waals surface area (Å²) in [4.78, 5) is 41.2. The Morgan fingerprint density at radius 3 is 2.59 bits per heavy atom. The molecule has 162 valence electrons. The molecule has 0 saturated heterocycles. The molecule has 0 unspecified atom stereocenters. The fraction of sp³-hybridized carbons (Fsp3) is 0.130. The number of fused-ring (bicyclic) bond motifs is 1. The number of thiazole rings is 1. The minimum Gasteiger partial charge on any atom is -0.484 e. The van der Waals surface area contributed by atoms with Crippen LogP contribution in [0.25, 0.3) is 4.96 Å². The minimum atomic E-state index is -0.557. The molecule has 8 nitrogen and oxygen atoms in total. The molecule has 2 aromatic carbocycles. The molecule has 32 heavy (non-hydrogen) atoms. The van der Waals surface area contributed by atoms with Crippen LogP contribution in [-0.2, 0) is 16.1 Å². The summed E-state index contributed by atoms with van der Waals surface area (Å²) in [5.41, 5.74) is 2.09. The van der Waals surface area contributed by atoms with Crippen molar-refractivity contribution in [2.24, 2.45) is 0 Å². The SMILES string of the molecule is Cc1ccc(OCC(=O)Nc2ccc(C(=O)OCc3cc(=O)n4ccsc4n3)cc2)cc1. The zero-order chi connectivity index (χ0) is 22.5. The van der Waals surface area contributed by atoms with Gasteiger partial charge < -0.3 is 14.8 Å². The molecule has 1 amide bonds. The van der Waals surface area contributed by atoms with Crippen molar-refractivity contribution >= 4 is 33.9 Å². The van der Waals surface area contributed by atoms with E-state index in [1.54, 1.807) is 48.0 Å². The number of nitrogens with zero attached hydrogens (tertiary/aromatic N) is 2. The first-order valence-corrected chi connectivity index (χ1v) is 10.6. The number of hydrogen-bond acceptors (Lipinski definition) is 7. The number of carbonyl (C=O) groups excluding carboxylic acids is 2. The Balaban J connectivity index is 1.29. The Morgan fingerprint density at radius 1 is 1.09 bits per heavy atom. The van der Waals surface area contributed by atoms with Crippen molar-refractivity contribution in [2.75, 3.05) is 11.9 Å². The zero-order valence-electron chi connectivity index (χ0n) is 17.1. The van der Waals surface area contributed by atoms with Gasteiger partial charge in [-0.2, -0.15) is 0 Å². The summed E-state index contributed by atoms with van der Waals surface area (Å²) < 4.78 is 12.1. The van der Waals surface area contributed by atoms with Crippen LogP contribution < -0.4 is 15.6 Å². The molecule has 0 spiro atoms. The molecular weight excluding hydrogens is 430 g/mol. The zero-order valence-corrected chi connectivity index (χ0v) is 17.9. The lowest BCUT2D eigenvalue weighted by Gasteiger charge is -2.09. The van der Waals surface area contributed by atoms with Crippen molar-refractivity contribution in [3.05, 3.63) is 93.3 Å². The number of carbonyl (C=O) groups is 2. The van der Waals surface area contributed by atoms with Crippen LogP contribution in [0.3, 0.4) is 0 Å². The molecule has 0 fully saturated rings. The molecular formula is C23H19N3O5S. The summed E-state index contributed by atoms with van der Waals surface area (Å²) in [6.07, 6.45) is 1.64. The highest BCUT2D eigenvalue weighted by Gasteiger charge is 2.11. The molecule has 2 aromatic heterocycles. The van der Waals surface area contributed by atoms with Crippen molar-refractivity contribution in [2.45, 2.75) is 13.5 Å². The van der Waals surface area contributed by atoms with E-state index < -0.39 is 5.97 Å². The molecule has 0 atom stereocenters. The van der Waals surface area contributed by atoms with Gasteiger partial charge in [0.15, 0.2) is 11.6 Å². The second-order valence-corrected chi connectivity index (χ2v) is 7.82. The van der Waals surface area contributed by atoms with Gasteiger partial charge in [0.25, 0.3) is 11.5 Å². The summed E-state index contributed by atoms with van der Waals surface area (Å²) in [7, 11) is 0. The number of ether oxygens (including phenoxy) is 2. The van der Waals surface area contributed by atoms with Gasteiger partial charge in [-0.1, -0.05) is 17.7 Å². The molecule has 9 heteroatoms. The van der Waals surface area contributed by atoms with Gasteiger partial charge in [-0.3, -0.25) is 14.0 Å². The van der Waals surface area contributed by atoms with E-state index >= 15 is 0 Å². The number of aryl methyl sites for hydroxylation is 1. The minimum absolute atomic E-state index is 0.114. The Kier molecular flexibility index (Phi) is 6.27. The van der Waals surface area contributed by atoms with Crippen LogP contribution in [-0.4, -0.2) is 27.9 Å². The molecule has 2 heterocycles. The van der Waals surface area contributed by atoms with Gasteiger partial charge in [-0.05, 0) is 43.3 Å². The van der Waals surface area contributed by atoms with Gasteiger partial charge in [0, 0.05) is 23.3 Å². The van der Waals surface area contributed by atoms with Crippen molar-refractivity contribution in [1.29, 1.82) is 0 Å². The third-order valence-electron chi connectivity index (χ3n) is 4.50. The summed E-state index contributed by atoms with van der Waals surface area (Å²) in [5, 5.41) is 4.46. The Labute approximate surface area is 187 Å². The van der Waals surface area contributed by atoms with E-state index in [2.05, 4.69) is 10.3 Å². The lowest BCUT2D eigenvalue weighted by atomic mass is 10.2. The average Bonchev–Trinajstić information content (AvgIpc) is 3.27. The monoisotopic (exact) mass is 449 g/mol. The van der Waals surface area contributed by atoms with Gasteiger partial charge in [0.05, 0.1) is 11.3 Å². The summed E-state index contributed by atoms with van der Waals surface area (Å²) in [5.74, 6) is -0.264. The van der Waals surface area contributed by atoms with Crippen LogP contribution in [0, 0.1) is 6.92 Å². The molecule has 0 saturated carbocycles. The number of esters is 1. The van der Waals surface area contributed by atoms with Crippen molar-refractivity contribution in [3.63, 3.8) is 0 Å². The standard InChI is InChI=1S/C23H19N3O5S/c1-15-2-8-19(9-3-15)30-14-20(27)24-17-6-4-16(5-7-17)22(29)31-13-18-12-21(28)26-10-11-32-23(26)25-18/h2-12H,13-14H2,1H3,(H,24,27). The van der Waals surface area contributed by atoms with E-state index in [4.69, 9.17) is 9.47 Å². The topological polar surface area (TPSA) is 99.0 Å². The Hall–Kier alpha value is -3.98. The molecule has 1 N–H and O–H groups in total. The van der Waals surface area contributed by atoms with Crippen molar-refractivity contribution in [1.82, 2.24) is 9.38 Å². The number of amides is 1. The largest absolute Gasteiger partial charge is 0.484 e. The van der Waals surface area contributed by atoms with E-state index in [9.17, 15) is 14.4 Å². The highest BCUT2D eigenvalue weighted by Crippen LogP contribution is 2.14. The quantitative estimate of drug-likeness (QED) is 0.434. The van der Waals surface area contributed by atoms with E-state index in [-0.39, 0.29) is 24.7 Å². The normalized spacial score (nSPS) is 10.7. The van der Waals surface area contributed by atoms with Crippen LogP contribution in [0.1, 0.15) is 21.6 Å². The number of benzene rings is 2. The molecule has 4 rings (SSSR count). The molecule has 0 bridgehead atoms. The molecule has 0 radical (unpaired) electrons. The number of nitrogens with one attached hydrogen (secondary N) is 1. The van der Waals surface area contributed by atoms with Crippen molar-refractivity contribution < 1.29 is 19.1 Å². The summed E-state index contributed by atoms with van der Waals surface area (Å²) in [6, 6.07) is 15.0. The summed E-state index contributed by atoms with van der Waals surface area (Å²) in [6.45, 7) is 1.73. The predicted molar refractivity (Wildman–Crippen MR) is 120 cm³/mol. The maximum absolute atomic E-state index is 12.3. The lowest BCUT2D eigenvalue weighted by molar-refractivity contribution is -0.118. The lowest BCUT2D eigenvalue weighted by Crippen LogP contribution is -2.20. The summed E-state index contributed by atoms with van der Waals surface area (Å²) >= 11 is 1.32. The Morgan fingerprint density at radius 2 is 1.84 bits per heavy atom. The molecule has 0 aliphatic heterocycles. The van der Waals surface area contributed by atoms with E-state index in [1.165, 1.54) is 21.8 Å². The van der Waals surface area contributed by atoms with E-state index in [0.717, 1.165) is 5.56 Å². The third kappa shape index (κ3) is 5.19. The molecule has 0 aliphatic carbocycles. The smallest absolute Gasteiger partial charge is 0.338 e. The first kappa shape index (κ1) is 21.3. The number of anilines is 1. The fourth-order valence-corrected chi connectivity index (χ4v) is 3.59. The van der Waals surface area contributed by atoms with E-state index in [0.29, 0.717) is 27.7 Å². The van der Waals surface area contributed by atoms with Gasteiger partial charge in [-0.25, -0.2) is 9.78 Å². The fourth-order valence-electron chi connectivity index (χ4n) is 2.85. The average molecular weight is 449 g/mol. The second-order valence-electron chi connectivity index (χ2n) is 6.94. The van der Waals surface area contributed by atoms with Gasteiger partial charge in [0.1, 0.15) is 12.4 Å². The van der Waals surface area contributed by atoms with Gasteiger partial charge in [-0.15, -0.1) is 11.3 Å². The van der Waals surface area contributed by atoms with Crippen LogP contribution in [0.15, 0.2) is 71.0 Å². The highest BCUT2D eigenvalue weighted by atomic mass is 32.1. The molecule has 0 aliphatic rings. The van der Waals surface area contributed by atoms with Crippen LogP contribution in [0.5, 0.6) is 5.75 Å². The third-order valence-corrected chi connectivity index (χ3v) is 5.26. The number of aromatic nitrogens is 2. The number of rotatable bonds is 7.